The van der Waals surface area contributed by atoms with Crippen LogP contribution in [0, 0.1) is 0 Å². The summed E-state index contributed by atoms with van der Waals surface area (Å²) in [5.41, 5.74) is 0.548. The van der Waals surface area contributed by atoms with E-state index in [4.69, 9.17) is 32.7 Å². The second kappa shape index (κ2) is 4.73. The minimum absolute atomic E-state index is 0.0311. The maximum Gasteiger partial charge on any atom is 0.312 e. The molecule has 1 aromatic carbocycles. The van der Waals surface area contributed by atoms with Gasteiger partial charge in [-0.15, -0.1) is 10.2 Å². The van der Waals surface area contributed by atoms with E-state index in [9.17, 15) is 4.79 Å². The molecule has 0 fully saturated rings. The first-order valence-corrected chi connectivity index (χ1v) is 5.31. The molecule has 1 aromatic heterocycles. The molecule has 0 saturated carbocycles. The largest absolute Gasteiger partial charge is 0.481 e. The molecule has 0 spiro atoms. The smallest absolute Gasteiger partial charge is 0.312 e. The van der Waals surface area contributed by atoms with Gasteiger partial charge < -0.3 is 9.52 Å². The van der Waals surface area contributed by atoms with Crippen molar-refractivity contribution in [3.63, 3.8) is 0 Å². The van der Waals surface area contributed by atoms with Gasteiger partial charge in [-0.2, -0.15) is 0 Å². The molecule has 0 radical (unpaired) electrons. The van der Waals surface area contributed by atoms with Crippen molar-refractivity contribution < 1.29 is 14.3 Å². The van der Waals surface area contributed by atoms with Crippen LogP contribution in [0.15, 0.2) is 22.6 Å². The van der Waals surface area contributed by atoms with E-state index in [0.29, 0.717) is 15.6 Å². The predicted molar refractivity (Wildman–Crippen MR) is 61.1 cm³/mol. The van der Waals surface area contributed by atoms with E-state index in [1.165, 1.54) is 0 Å². The summed E-state index contributed by atoms with van der Waals surface area (Å²) < 4.78 is 5.17. The van der Waals surface area contributed by atoms with Crippen LogP contribution in [-0.4, -0.2) is 21.3 Å². The predicted octanol–water partition coefficient (Wildman–Crippen LogP) is 2.67. The summed E-state index contributed by atoms with van der Waals surface area (Å²) in [4.78, 5) is 10.5. The van der Waals surface area contributed by atoms with Crippen molar-refractivity contribution in [1.82, 2.24) is 10.2 Å². The molecule has 0 aliphatic carbocycles. The molecule has 88 valence electrons. The Bertz CT molecular complexity index is 548. The van der Waals surface area contributed by atoms with Crippen molar-refractivity contribution in [3.8, 4) is 11.5 Å². The van der Waals surface area contributed by atoms with E-state index in [-0.39, 0.29) is 18.2 Å². The lowest BCUT2D eigenvalue weighted by molar-refractivity contribution is -0.136. The normalized spacial score (nSPS) is 10.5. The highest BCUT2D eigenvalue weighted by Gasteiger charge is 2.12. The Morgan fingerprint density at radius 3 is 2.47 bits per heavy atom. The molecule has 5 nitrogen and oxygen atoms in total. The third kappa shape index (κ3) is 2.95. The third-order valence-corrected chi connectivity index (χ3v) is 2.32. The number of nitrogens with zero attached hydrogens (tertiary/aromatic N) is 2. The van der Waals surface area contributed by atoms with Crippen LogP contribution < -0.4 is 0 Å². The fourth-order valence-electron chi connectivity index (χ4n) is 1.25. The molecule has 2 rings (SSSR count). The number of carboxylic acid groups (broad SMARTS) is 1. The lowest BCUT2D eigenvalue weighted by Gasteiger charge is -1.97. The van der Waals surface area contributed by atoms with Gasteiger partial charge in [0, 0.05) is 15.6 Å². The van der Waals surface area contributed by atoms with Crippen LogP contribution >= 0.6 is 23.2 Å². The standard InChI is InChI=1S/C10H6Cl2N2O3/c11-6-1-5(2-7(12)3-6)10-14-13-8(17-10)4-9(15)16/h1-3H,4H2,(H,15,16). The highest BCUT2D eigenvalue weighted by molar-refractivity contribution is 6.35. The summed E-state index contributed by atoms with van der Waals surface area (Å²) in [5, 5.41) is 16.8. The highest BCUT2D eigenvalue weighted by Crippen LogP contribution is 2.26. The third-order valence-electron chi connectivity index (χ3n) is 1.88. The van der Waals surface area contributed by atoms with Gasteiger partial charge in [-0.05, 0) is 18.2 Å². The monoisotopic (exact) mass is 272 g/mol. The van der Waals surface area contributed by atoms with E-state index >= 15 is 0 Å². The number of halogens is 2. The molecule has 0 aliphatic rings. The minimum atomic E-state index is -1.04. The van der Waals surface area contributed by atoms with Crippen molar-refractivity contribution >= 4 is 29.2 Å². The fraction of sp³-hybridized carbons (Fsp3) is 0.100. The van der Waals surface area contributed by atoms with Gasteiger partial charge in [0.15, 0.2) is 0 Å². The minimum Gasteiger partial charge on any atom is -0.481 e. The molecular formula is C10H6Cl2N2O3. The van der Waals surface area contributed by atoms with Crippen LogP contribution in [0.2, 0.25) is 10.0 Å². The summed E-state index contributed by atoms with van der Waals surface area (Å²) in [6.07, 6.45) is -0.318. The van der Waals surface area contributed by atoms with E-state index in [0.717, 1.165) is 0 Å². The zero-order valence-electron chi connectivity index (χ0n) is 8.35. The van der Waals surface area contributed by atoms with Gasteiger partial charge in [0.05, 0.1) is 0 Å². The van der Waals surface area contributed by atoms with E-state index < -0.39 is 5.97 Å². The SMILES string of the molecule is O=C(O)Cc1nnc(-c2cc(Cl)cc(Cl)c2)o1. The molecule has 0 saturated heterocycles. The van der Waals surface area contributed by atoms with Crippen molar-refractivity contribution in [2.75, 3.05) is 0 Å². The fourth-order valence-corrected chi connectivity index (χ4v) is 1.77. The molecule has 0 amide bonds. The molecule has 1 N–H and O–H groups in total. The first kappa shape index (κ1) is 11.9. The Hall–Kier alpha value is -1.59. The van der Waals surface area contributed by atoms with E-state index in [1.807, 2.05) is 0 Å². The van der Waals surface area contributed by atoms with Crippen LogP contribution in [0.3, 0.4) is 0 Å². The first-order chi connectivity index (χ1) is 8.04. The second-order valence-corrected chi connectivity index (χ2v) is 4.10. The average Bonchev–Trinajstić information content (AvgIpc) is 2.63. The van der Waals surface area contributed by atoms with Crippen molar-refractivity contribution in [2.45, 2.75) is 6.42 Å². The van der Waals surface area contributed by atoms with Gasteiger partial charge in [0.25, 0.3) is 0 Å². The molecule has 0 atom stereocenters. The lowest BCUT2D eigenvalue weighted by Crippen LogP contribution is -1.99. The van der Waals surface area contributed by atoms with Crippen LogP contribution in [0.4, 0.5) is 0 Å². The number of benzene rings is 1. The topological polar surface area (TPSA) is 76.2 Å². The molecule has 0 unspecified atom stereocenters. The van der Waals surface area contributed by atoms with Crippen molar-refractivity contribution in [3.05, 3.63) is 34.1 Å². The van der Waals surface area contributed by atoms with Gasteiger partial charge in [-0.3, -0.25) is 4.79 Å². The van der Waals surface area contributed by atoms with Gasteiger partial charge in [0.2, 0.25) is 11.8 Å². The summed E-state index contributed by atoms with van der Waals surface area (Å²) in [6, 6.07) is 4.78. The van der Waals surface area contributed by atoms with Gasteiger partial charge >= 0.3 is 5.97 Å². The Morgan fingerprint density at radius 2 is 1.88 bits per heavy atom. The number of hydrogen-bond acceptors (Lipinski definition) is 4. The van der Waals surface area contributed by atoms with Crippen molar-refractivity contribution in [2.24, 2.45) is 0 Å². The zero-order valence-corrected chi connectivity index (χ0v) is 9.87. The summed E-state index contributed by atoms with van der Waals surface area (Å²) >= 11 is 11.6. The molecule has 7 heteroatoms. The molecule has 17 heavy (non-hydrogen) atoms. The van der Waals surface area contributed by atoms with Crippen LogP contribution in [0.5, 0.6) is 0 Å². The zero-order chi connectivity index (χ0) is 12.4. The Labute approximate surface area is 106 Å². The summed E-state index contributed by atoms with van der Waals surface area (Å²) in [6.45, 7) is 0. The Kier molecular flexibility index (Phi) is 3.31. The molecule has 2 aromatic rings. The summed E-state index contributed by atoms with van der Waals surface area (Å²) in [7, 11) is 0. The molecule has 1 heterocycles. The second-order valence-electron chi connectivity index (χ2n) is 3.23. The first-order valence-electron chi connectivity index (χ1n) is 4.55. The number of aliphatic carboxylic acids is 1. The maximum atomic E-state index is 10.5. The van der Waals surface area contributed by atoms with Gasteiger partial charge in [0.1, 0.15) is 6.42 Å². The van der Waals surface area contributed by atoms with Gasteiger partial charge in [-0.25, -0.2) is 0 Å². The average molecular weight is 273 g/mol. The number of aromatic nitrogens is 2. The number of carbonyl (C=O) groups is 1. The molecule has 0 bridgehead atoms. The van der Waals surface area contributed by atoms with Crippen LogP contribution in [0.1, 0.15) is 5.89 Å². The van der Waals surface area contributed by atoms with Crippen LogP contribution in [0.25, 0.3) is 11.5 Å². The van der Waals surface area contributed by atoms with E-state index in [2.05, 4.69) is 10.2 Å². The lowest BCUT2D eigenvalue weighted by atomic mass is 10.2. The molecule has 0 aliphatic heterocycles. The number of carboxylic acids is 1. The maximum absolute atomic E-state index is 10.5. The van der Waals surface area contributed by atoms with E-state index in [1.54, 1.807) is 18.2 Å². The quantitative estimate of drug-likeness (QED) is 0.930. The van der Waals surface area contributed by atoms with Crippen molar-refractivity contribution in [1.29, 1.82) is 0 Å². The summed E-state index contributed by atoms with van der Waals surface area (Å²) in [5.74, 6) is -0.821. The number of hydrogen-bond donors (Lipinski definition) is 1. The molecular weight excluding hydrogens is 267 g/mol. The van der Waals surface area contributed by atoms with Crippen LogP contribution in [-0.2, 0) is 11.2 Å². The highest BCUT2D eigenvalue weighted by atomic mass is 35.5. The Morgan fingerprint density at radius 1 is 1.24 bits per heavy atom. The Balaban J connectivity index is 2.33. The van der Waals surface area contributed by atoms with Gasteiger partial charge in [-0.1, -0.05) is 23.2 Å². The number of rotatable bonds is 3.